The zero-order chi connectivity index (χ0) is 14.0. The van der Waals surface area contributed by atoms with E-state index in [1.807, 2.05) is 25.1 Å². The van der Waals surface area contributed by atoms with Gasteiger partial charge in [0.1, 0.15) is 0 Å². The fraction of sp³-hybridized carbons (Fsp3) is 0.462. The number of benzene rings is 1. The van der Waals surface area contributed by atoms with Gasteiger partial charge in [0, 0.05) is 10.9 Å². The molecule has 1 aromatic rings. The van der Waals surface area contributed by atoms with Gasteiger partial charge in [0.15, 0.2) is 9.84 Å². The molecule has 1 unspecified atom stereocenters. The summed E-state index contributed by atoms with van der Waals surface area (Å²) in [5, 5.41) is 2.82. The van der Waals surface area contributed by atoms with Crippen LogP contribution in [0.15, 0.2) is 22.7 Å². The molecule has 1 atom stereocenters. The van der Waals surface area contributed by atoms with E-state index in [1.165, 1.54) is 0 Å². The summed E-state index contributed by atoms with van der Waals surface area (Å²) in [5.41, 5.74) is 1.77. The number of amides is 1. The van der Waals surface area contributed by atoms with Crippen LogP contribution in [0, 0.1) is 12.8 Å². The van der Waals surface area contributed by atoms with Crippen molar-refractivity contribution >= 4 is 37.4 Å². The van der Waals surface area contributed by atoms with Crippen LogP contribution in [0.3, 0.4) is 0 Å². The van der Waals surface area contributed by atoms with Gasteiger partial charge in [-0.05, 0) is 46.8 Å². The molecule has 1 saturated heterocycles. The first-order valence-electron chi connectivity index (χ1n) is 6.13. The second kappa shape index (κ2) is 5.63. The molecular formula is C13H16BrNO3S. The van der Waals surface area contributed by atoms with Crippen molar-refractivity contribution in [3.63, 3.8) is 0 Å². The van der Waals surface area contributed by atoms with Crippen molar-refractivity contribution in [2.75, 3.05) is 16.8 Å². The molecule has 0 bridgehead atoms. The molecule has 1 aliphatic heterocycles. The maximum absolute atomic E-state index is 11.9. The van der Waals surface area contributed by atoms with E-state index in [-0.39, 0.29) is 29.8 Å². The van der Waals surface area contributed by atoms with Gasteiger partial charge in [0.2, 0.25) is 5.91 Å². The average molecular weight is 346 g/mol. The molecule has 19 heavy (non-hydrogen) atoms. The van der Waals surface area contributed by atoms with Crippen molar-refractivity contribution in [1.82, 2.24) is 0 Å². The van der Waals surface area contributed by atoms with Gasteiger partial charge >= 0.3 is 0 Å². The quantitative estimate of drug-likeness (QED) is 0.915. The highest BCUT2D eigenvalue weighted by Gasteiger charge is 2.29. The predicted octanol–water partition coefficient (Wildman–Crippen LogP) is 2.52. The molecule has 1 heterocycles. The third-order valence-electron chi connectivity index (χ3n) is 3.27. The third-order valence-corrected chi connectivity index (χ3v) is 6.16. The molecule has 1 aliphatic rings. The van der Waals surface area contributed by atoms with E-state index in [0.29, 0.717) is 6.42 Å². The molecule has 104 valence electrons. The van der Waals surface area contributed by atoms with Gasteiger partial charge < -0.3 is 5.32 Å². The first-order chi connectivity index (χ1) is 8.87. The fourth-order valence-electron chi connectivity index (χ4n) is 2.24. The van der Waals surface area contributed by atoms with Crippen LogP contribution in [0.2, 0.25) is 0 Å². The van der Waals surface area contributed by atoms with Crippen molar-refractivity contribution in [3.8, 4) is 0 Å². The Bertz CT molecular complexity index is 598. The largest absolute Gasteiger partial charge is 0.325 e. The summed E-state index contributed by atoms with van der Waals surface area (Å²) in [6.45, 7) is 1.95. The summed E-state index contributed by atoms with van der Waals surface area (Å²) < 4.78 is 23.5. The monoisotopic (exact) mass is 345 g/mol. The number of carbonyl (C=O) groups is 1. The van der Waals surface area contributed by atoms with Crippen LogP contribution in [0.25, 0.3) is 0 Å². The van der Waals surface area contributed by atoms with Crippen LogP contribution < -0.4 is 5.32 Å². The average Bonchev–Trinajstić information content (AvgIpc) is 2.64. The number of hydrogen-bond acceptors (Lipinski definition) is 3. The third kappa shape index (κ3) is 3.79. The Balaban J connectivity index is 1.97. The van der Waals surface area contributed by atoms with Crippen LogP contribution >= 0.6 is 15.9 Å². The Morgan fingerprint density at radius 3 is 2.84 bits per heavy atom. The fourth-order valence-corrected chi connectivity index (χ4v) is 4.47. The van der Waals surface area contributed by atoms with E-state index >= 15 is 0 Å². The zero-order valence-electron chi connectivity index (χ0n) is 10.6. The highest BCUT2D eigenvalue weighted by Crippen LogP contribution is 2.27. The molecule has 0 spiro atoms. The van der Waals surface area contributed by atoms with Crippen LogP contribution in [0.5, 0.6) is 0 Å². The number of carbonyl (C=O) groups excluding carboxylic acids is 1. The van der Waals surface area contributed by atoms with Gasteiger partial charge in [-0.3, -0.25) is 4.79 Å². The lowest BCUT2D eigenvalue weighted by atomic mass is 10.0. The normalized spacial score (nSPS) is 21.3. The number of anilines is 1. The highest BCUT2D eigenvalue weighted by molar-refractivity contribution is 9.10. The van der Waals surface area contributed by atoms with E-state index in [9.17, 15) is 13.2 Å². The van der Waals surface area contributed by atoms with Crippen LogP contribution in [0.4, 0.5) is 5.69 Å². The lowest BCUT2D eigenvalue weighted by Crippen LogP contribution is -2.17. The summed E-state index contributed by atoms with van der Waals surface area (Å²) in [6.07, 6.45) is 0.852. The van der Waals surface area contributed by atoms with Gasteiger partial charge in [0.05, 0.1) is 17.2 Å². The predicted molar refractivity (Wildman–Crippen MR) is 78.9 cm³/mol. The molecule has 0 aliphatic carbocycles. The number of aryl methyl sites for hydroxylation is 1. The number of halogens is 1. The molecule has 1 N–H and O–H groups in total. The molecule has 0 aromatic heterocycles. The van der Waals surface area contributed by atoms with Crippen molar-refractivity contribution < 1.29 is 13.2 Å². The van der Waals surface area contributed by atoms with E-state index in [0.717, 1.165) is 15.7 Å². The van der Waals surface area contributed by atoms with Gasteiger partial charge in [-0.25, -0.2) is 8.42 Å². The molecule has 0 saturated carbocycles. The molecule has 1 aromatic carbocycles. The summed E-state index contributed by atoms with van der Waals surface area (Å²) in [5.74, 6) is 0.163. The first kappa shape index (κ1) is 14.5. The van der Waals surface area contributed by atoms with E-state index in [2.05, 4.69) is 21.2 Å². The number of nitrogens with one attached hydrogen (secondary N) is 1. The summed E-state index contributed by atoms with van der Waals surface area (Å²) in [6, 6.07) is 5.64. The summed E-state index contributed by atoms with van der Waals surface area (Å²) in [4.78, 5) is 11.9. The minimum atomic E-state index is -2.92. The van der Waals surface area contributed by atoms with Crippen molar-refractivity contribution in [1.29, 1.82) is 0 Å². The van der Waals surface area contributed by atoms with E-state index in [4.69, 9.17) is 0 Å². The second-order valence-electron chi connectivity index (χ2n) is 4.96. The molecule has 2 rings (SSSR count). The van der Waals surface area contributed by atoms with Gasteiger partial charge in [-0.1, -0.05) is 12.1 Å². The topological polar surface area (TPSA) is 63.2 Å². The first-order valence-corrected chi connectivity index (χ1v) is 8.74. The standard InChI is InChI=1S/C13H16BrNO3S/c1-9-3-2-4-11(13(9)14)15-12(16)7-10-5-6-19(17,18)8-10/h2-4,10H,5-8H2,1H3,(H,15,16). The summed E-state index contributed by atoms with van der Waals surface area (Å²) >= 11 is 3.43. The van der Waals surface area contributed by atoms with Crippen molar-refractivity contribution in [2.24, 2.45) is 5.92 Å². The van der Waals surface area contributed by atoms with Gasteiger partial charge in [-0.2, -0.15) is 0 Å². The molecule has 4 nitrogen and oxygen atoms in total. The Kier molecular flexibility index (Phi) is 4.30. The smallest absolute Gasteiger partial charge is 0.224 e. The Morgan fingerprint density at radius 2 is 2.21 bits per heavy atom. The minimum Gasteiger partial charge on any atom is -0.325 e. The van der Waals surface area contributed by atoms with Crippen LogP contribution in [0.1, 0.15) is 18.4 Å². The van der Waals surface area contributed by atoms with Crippen LogP contribution in [-0.2, 0) is 14.6 Å². The van der Waals surface area contributed by atoms with Crippen molar-refractivity contribution in [3.05, 3.63) is 28.2 Å². The van der Waals surface area contributed by atoms with E-state index in [1.54, 1.807) is 0 Å². The Morgan fingerprint density at radius 1 is 1.47 bits per heavy atom. The van der Waals surface area contributed by atoms with Gasteiger partial charge in [0.25, 0.3) is 0 Å². The number of hydrogen-bond donors (Lipinski definition) is 1. The highest BCUT2D eigenvalue weighted by atomic mass is 79.9. The second-order valence-corrected chi connectivity index (χ2v) is 7.98. The molecule has 6 heteroatoms. The number of sulfone groups is 1. The SMILES string of the molecule is Cc1cccc(NC(=O)CC2CCS(=O)(=O)C2)c1Br. The molecule has 1 fully saturated rings. The lowest BCUT2D eigenvalue weighted by Gasteiger charge is -2.11. The Labute approximate surface area is 121 Å². The van der Waals surface area contributed by atoms with Crippen LogP contribution in [-0.4, -0.2) is 25.8 Å². The lowest BCUT2D eigenvalue weighted by molar-refractivity contribution is -0.116. The van der Waals surface area contributed by atoms with Crippen molar-refractivity contribution in [2.45, 2.75) is 19.8 Å². The molecular weight excluding hydrogens is 330 g/mol. The maximum Gasteiger partial charge on any atom is 0.224 e. The zero-order valence-corrected chi connectivity index (χ0v) is 13.1. The number of rotatable bonds is 3. The molecule has 0 radical (unpaired) electrons. The summed E-state index contributed by atoms with van der Waals surface area (Å²) in [7, 11) is -2.92. The van der Waals surface area contributed by atoms with Gasteiger partial charge in [-0.15, -0.1) is 0 Å². The minimum absolute atomic E-state index is 0.0476. The molecule has 1 amide bonds. The maximum atomic E-state index is 11.9. The van der Waals surface area contributed by atoms with E-state index < -0.39 is 9.84 Å². The Hall–Kier alpha value is -0.880.